The summed E-state index contributed by atoms with van der Waals surface area (Å²) in [5, 5.41) is 2.41. The van der Waals surface area contributed by atoms with Crippen molar-refractivity contribution in [2.75, 3.05) is 23.7 Å². The first-order valence-electron chi connectivity index (χ1n) is 10.7. The van der Waals surface area contributed by atoms with Gasteiger partial charge in [-0.15, -0.1) is 0 Å². The molecule has 1 atom stereocenters. The molecule has 0 aromatic heterocycles. The lowest BCUT2D eigenvalue weighted by molar-refractivity contribution is -0.139. The number of sulfonamides is 1. The molecule has 2 aromatic rings. The zero-order valence-electron chi connectivity index (χ0n) is 19.5. The van der Waals surface area contributed by atoms with E-state index in [1.807, 2.05) is 6.92 Å². The highest BCUT2D eigenvalue weighted by Gasteiger charge is 2.34. The van der Waals surface area contributed by atoms with Crippen molar-refractivity contribution < 1.29 is 31.2 Å². The van der Waals surface area contributed by atoms with E-state index in [1.54, 1.807) is 30.3 Å². The minimum atomic E-state index is -4.75. The highest BCUT2D eigenvalue weighted by molar-refractivity contribution is 7.92. The highest BCUT2D eigenvalue weighted by atomic mass is 35.5. The molecule has 0 aliphatic rings. The normalized spacial score (nSPS) is 12.7. The van der Waals surface area contributed by atoms with Crippen LogP contribution in [0.15, 0.2) is 48.5 Å². The van der Waals surface area contributed by atoms with Gasteiger partial charge in [0, 0.05) is 13.1 Å². The number of amides is 2. The third-order valence-corrected chi connectivity index (χ3v) is 6.58. The minimum absolute atomic E-state index is 0.0195. The number of nitrogens with zero attached hydrogens (tertiary/aromatic N) is 2. The zero-order valence-corrected chi connectivity index (χ0v) is 21.0. The second kappa shape index (κ2) is 11.8. The Morgan fingerprint density at radius 2 is 1.74 bits per heavy atom. The molecule has 12 heteroatoms. The van der Waals surface area contributed by atoms with Gasteiger partial charge < -0.3 is 10.2 Å². The molecule has 2 amide bonds. The number of rotatable bonds is 10. The Hall–Kier alpha value is -2.79. The van der Waals surface area contributed by atoms with Crippen molar-refractivity contribution >= 4 is 39.1 Å². The fourth-order valence-corrected chi connectivity index (χ4v) is 4.36. The molecule has 0 radical (unpaired) electrons. The summed E-state index contributed by atoms with van der Waals surface area (Å²) in [6.07, 6.45) is -3.32. The largest absolute Gasteiger partial charge is 0.416 e. The highest BCUT2D eigenvalue weighted by Crippen LogP contribution is 2.36. The van der Waals surface area contributed by atoms with E-state index in [4.69, 9.17) is 11.6 Å². The van der Waals surface area contributed by atoms with E-state index in [0.29, 0.717) is 28.9 Å². The van der Waals surface area contributed by atoms with Crippen molar-refractivity contribution in [1.82, 2.24) is 10.2 Å². The van der Waals surface area contributed by atoms with Crippen LogP contribution in [-0.2, 0) is 32.3 Å². The van der Waals surface area contributed by atoms with E-state index in [-0.39, 0.29) is 11.6 Å². The molecule has 7 nitrogen and oxygen atoms in total. The van der Waals surface area contributed by atoms with Crippen LogP contribution < -0.4 is 9.62 Å². The van der Waals surface area contributed by atoms with Gasteiger partial charge in [0.15, 0.2) is 0 Å². The van der Waals surface area contributed by atoms with Gasteiger partial charge in [0.05, 0.1) is 22.5 Å². The van der Waals surface area contributed by atoms with Crippen molar-refractivity contribution in [3.05, 3.63) is 64.7 Å². The summed E-state index contributed by atoms with van der Waals surface area (Å²) in [5.74, 6) is -1.23. The maximum atomic E-state index is 13.4. The van der Waals surface area contributed by atoms with Crippen LogP contribution in [0.3, 0.4) is 0 Å². The number of hydrogen-bond acceptors (Lipinski definition) is 4. The number of alkyl halides is 3. The van der Waals surface area contributed by atoms with Gasteiger partial charge in [-0.05, 0) is 37.1 Å². The topological polar surface area (TPSA) is 86.8 Å². The first-order chi connectivity index (χ1) is 16.3. The maximum absolute atomic E-state index is 13.4. The molecular formula is C23H27ClF3N3O4S. The number of benzene rings is 2. The average molecular weight is 534 g/mol. The molecule has 0 unspecified atom stereocenters. The van der Waals surface area contributed by atoms with E-state index in [2.05, 4.69) is 5.32 Å². The van der Waals surface area contributed by atoms with Crippen LogP contribution in [0.1, 0.15) is 31.4 Å². The van der Waals surface area contributed by atoms with Gasteiger partial charge in [-0.1, -0.05) is 48.9 Å². The molecule has 1 N–H and O–H groups in total. The van der Waals surface area contributed by atoms with Gasteiger partial charge in [0.25, 0.3) is 0 Å². The van der Waals surface area contributed by atoms with E-state index in [9.17, 15) is 31.2 Å². The van der Waals surface area contributed by atoms with Crippen LogP contribution in [0, 0.1) is 0 Å². The minimum Gasteiger partial charge on any atom is -0.354 e. The maximum Gasteiger partial charge on any atom is 0.416 e. The summed E-state index contributed by atoms with van der Waals surface area (Å²) in [4.78, 5) is 27.2. The van der Waals surface area contributed by atoms with Crippen LogP contribution in [-0.4, -0.2) is 50.5 Å². The summed E-state index contributed by atoms with van der Waals surface area (Å²) in [6, 6.07) is 9.96. The molecule has 2 aromatic carbocycles. The number of hydrogen-bond donors (Lipinski definition) is 1. The van der Waals surface area contributed by atoms with Crippen LogP contribution in [0.4, 0.5) is 18.9 Å². The standard InChI is InChI=1S/C23H27ClF3N3O4S/c1-4-12-28-22(32)16(2)29(14-17-8-6-5-7-9-17)21(31)15-30(35(3,33)34)20-13-18(23(25,26)27)10-11-19(20)24/h5-11,13,16H,4,12,14-15H2,1-3H3,(H,28,32)/t16-/m1/s1. The number of halogens is 4. The first-order valence-corrected chi connectivity index (χ1v) is 12.9. The van der Waals surface area contributed by atoms with Crippen LogP contribution in [0.25, 0.3) is 0 Å². The zero-order chi connectivity index (χ0) is 26.4. The Morgan fingerprint density at radius 3 is 2.29 bits per heavy atom. The number of carbonyl (C=O) groups is 2. The van der Waals surface area contributed by atoms with Gasteiger partial charge in [0.1, 0.15) is 12.6 Å². The van der Waals surface area contributed by atoms with Crippen molar-refractivity contribution in [3.63, 3.8) is 0 Å². The van der Waals surface area contributed by atoms with Crippen LogP contribution in [0.2, 0.25) is 5.02 Å². The van der Waals surface area contributed by atoms with E-state index < -0.39 is 51.9 Å². The molecule has 0 heterocycles. The Labute approximate surface area is 207 Å². The lowest BCUT2D eigenvalue weighted by Crippen LogP contribution is -2.51. The van der Waals surface area contributed by atoms with Crippen molar-refractivity contribution in [3.8, 4) is 0 Å². The van der Waals surface area contributed by atoms with Crippen molar-refractivity contribution in [2.45, 2.75) is 39.0 Å². The van der Waals surface area contributed by atoms with Crippen LogP contribution >= 0.6 is 11.6 Å². The van der Waals surface area contributed by atoms with E-state index >= 15 is 0 Å². The second-order valence-electron chi connectivity index (χ2n) is 7.91. The van der Waals surface area contributed by atoms with Crippen LogP contribution in [0.5, 0.6) is 0 Å². The van der Waals surface area contributed by atoms with Gasteiger partial charge in [-0.25, -0.2) is 8.42 Å². The predicted molar refractivity (Wildman–Crippen MR) is 128 cm³/mol. The SMILES string of the molecule is CCCNC(=O)[C@@H](C)N(Cc1ccccc1)C(=O)CN(c1cc(C(F)(F)F)ccc1Cl)S(C)(=O)=O. The molecule has 0 aliphatic carbocycles. The fourth-order valence-electron chi connectivity index (χ4n) is 3.23. The Balaban J connectivity index is 2.46. The average Bonchev–Trinajstić information content (AvgIpc) is 2.78. The quantitative estimate of drug-likeness (QED) is 0.499. The molecule has 0 spiro atoms. The molecule has 192 valence electrons. The van der Waals surface area contributed by atoms with Crippen molar-refractivity contribution in [1.29, 1.82) is 0 Å². The summed E-state index contributed by atoms with van der Waals surface area (Å²) in [7, 11) is -4.23. The smallest absolute Gasteiger partial charge is 0.354 e. The fraction of sp³-hybridized carbons (Fsp3) is 0.391. The van der Waals surface area contributed by atoms with Gasteiger partial charge in [-0.3, -0.25) is 13.9 Å². The van der Waals surface area contributed by atoms with E-state index in [0.717, 1.165) is 18.4 Å². The third-order valence-electron chi connectivity index (χ3n) is 5.13. The molecule has 0 saturated heterocycles. The van der Waals surface area contributed by atoms with Crippen molar-refractivity contribution in [2.24, 2.45) is 0 Å². The van der Waals surface area contributed by atoms with E-state index in [1.165, 1.54) is 11.8 Å². The first kappa shape index (κ1) is 28.4. The number of anilines is 1. The molecular weight excluding hydrogens is 507 g/mol. The van der Waals surface area contributed by atoms with Gasteiger partial charge in [0.2, 0.25) is 21.8 Å². The molecule has 0 aliphatic heterocycles. The lowest BCUT2D eigenvalue weighted by atomic mass is 10.1. The van der Waals surface area contributed by atoms with Gasteiger partial charge in [-0.2, -0.15) is 13.2 Å². The molecule has 35 heavy (non-hydrogen) atoms. The predicted octanol–water partition coefficient (Wildman–Crippen LogP) is 4.07. The number of nitrogens with one attached hydrogen (secondary N) is 1. The van der Waals surface area contributed by atoms with Gasteiger partial charge >= 0.3 is 6.18 Å². The molecule has 0 fully saturated rings. The Morgan fingerprint density at radius 1 is 1.11 bits per heavy atom. The number of carbonyl (C=O) groups excluding carboxylic acids is 2. The summed E-state index contributed by atoms with van der Waals surface area (Å²) in [5.41, 5.74) is -0.925. The second-order valence-corrected chi connectivity index (χ2v) is 10.2. The lowest BCUT2D eigenvalue weighted by Gasteiger charge is -2.31. The molecule has 0 saturated carbocycles. The monoisotopic (exact) mass is 533 g/mol. The molecule has 0 bridgehead atoms. The summed E-state index contributed by atoms with van der Waals surface area (Å²) >= 11 is 6.05. The Bertz CT molecular complexity index is 1140. The molecule has 2 rings (SSSR count). The summed E-state index contributed by atoms with van der Waals surface area (Å²) < 4.78 is 65.4. The third kappa shape index (κ3) is 7.86. The Kier molecular flexibility index (Phi) is 9.56. The summed E-state index contributed by atoms with van der Waals surface area (Å²) in [6.45, 7) is 2.87.